The van der Waals surface area contributed by atoms with Crippen LogP contribution in [0.15, 0.2) is 48.5 Å². The molecule has 1 aliphatic heterocycles. The van der Waals surface area contributed by atoms with Crippen molar-refractivity contribution >= 4 is 17.5 Å². The van der Waals surface area contributed by atoms with Gasteiger partial charge in [-0.3, -0.25) is 4.79 Å². The molecule has 0 aliphatic carbocycles. The van der Waals surface area contributed by atoms with E-state index in [0.29, 0.717) is 24.5 Å². The topological polar surface area (TPSA) is 38.8 Å². The van der Waals surface area contributed by atoms with Crippen molar-refractivity contribution in [1.29, 1.82) is 0 Å². The Morgan fingerprint density at radius 1 is 1.13 bits per heavy atom. The van der Waals surface area contributed by atoms with Gasteiger partial charge in [0.15, 0.2) is 0 Å². The fourth-order valence-electron chi connectivity index (χ4n) is 4.70. The van der Waals surface area contributed by atoms with Crippen LogP contribution in [0.2, 0.25) is 5.02 Å². The van der Waals surface area contributed by atoms with Gasteiger partial charge in [0, 0.05) is 36.6 Å². The lowest BCUT2D eigenvalue weighted by molar-refractivity contribution is -0.132. The molecule has 2 aromatic rings. The number of carbonyl (C=O) groups excluding carboxylic acids is 1. The van der Waals surface area contributed by atoms with Gasteiger partial charge >= 0.3 is 0 Å². The first-order chi connectivity index (χ1) is 14.8. The Morgan fingerprint density at radius 3 is 2.39 bits per heavy atom. The molecule has 0 spiro atoms. The summed E-state index contributed by atoms with van der Waals surface area (Å²) >= 11 is 6.03. The molecule has 1 unspecified atom stereocenters. The molecule has 4 nitrogen and oxygen atoms in total. The van der Waals surface area contributed by atoms with Crippen molar-refractivity contribution in [3.63, 3.8) is 0 Å². The van der Waals surface area contributed by atoms with E-state index in [1.165, 1.54) is 5.56 Å². The third kappa shape index (κ3) is 6.02. The maximum absolute atomic E-state index is 12.8. The summed E-state index contributed by atoms with van der Waals surface area (Å²) in [7, 11) is 1.69. The normalized spacial score (nSPS) is 20.3. The van der Waals surface area contributed by atoms with E-state index >= 15 is 0 Å². The number of methoxy groups -OCH3 is 1. The number of carbonyl (C=O) groups is 1. The largest absolute Gasteiger partial charge is 0.497 e. The summed E-state index contributed by atoms with van der Waals surface area (Å²) in [6, 6.07) is 16.2. The van der Waals surface area contributed by atoms with Crippen molar-refractivity contribution in [1.82, 2.24) is 4.90 Å². The lowest BCUT2D eigenvalue weighted by Gasteiger charge is -2.46. The lowest BCUT2D eigenvalue weighted by atomic mass is 9.67. The van der Waals surface area contributed by atoms with E-state index in [1.54, 1.807) is 7.11 Å². The van der Waals surface area contributed by atoms with Crippen molar-refractivity contribution in [2.24, 2.45) is 0 Å². The second-order valence-electron chi connectivity index (χ2n) is 9.09. The van der Waals surface area contributed by atoms with Crippen LogP contribution in [0.5, 0.6) is 5.75 Å². The Kier molecular flexibility index (Phi) is 7.66. The van der Waals surface area contributed by atoms with Gasteiger partial charge < -0.3 is 14.4 Å². The van der Waals surface area contributed by atoms with Crippen molar-refractivity contribution in [3.05, 3.63) is 64.7 Å². The van der Waals surface area contributed by atoms with E-state index in [-0.39, 0.29) is 16.9 Å². The van der Waals surface area contributed by atoms with Crippen molar-refractivity contribution < 1.29 is 14.3 Å². The van der Waals surface area contributed by atoms with Crippen LogP contribution in [0.3, 0.4) is 0 Å². The molecule has 31 heavy (non-hydrogen) atoms. The van der Waals surface area contributed by atoms with Crippen molar-refractivity contribution in [2.75, 3.05) is 20.3 Å². The number of ether oxygens (including phenoxy) is 2. The number of hydrogen-bond donors (Lipinski definition) is 0. The first kappa shape index (κ1) is 23.6. The third-order valence-electron chi connectivity index (χ3n) is 6.34. The Hall–Kier alpha value is -2.04. The molecule has 0 saturated carbocycles. The number of rotatable bonds is 8. The fraction of sp³-hybridized carbons (Fsp3) is 0.500. The highest BCUT2D eigenvalue weighted by Gasteiger charge is 2.42. The zero-order valence-corrected chi connectivity index (χ0v) is 19.9. The maximum atomic E-state index is 12.8. The predicted octanol–water partition coefficient (Wildman–Crippen LogP) is 6.00. The molecule has 168 valence electrons. The minimum Gasteiger partial charge on any atom is -0.497 e. The molecule has 1 amide bonds. The van der Waals surface area contributed by atoms with Gasteiger partial charge in [0.1, 0.15) is 5.75 Å². The highest BCUT2D eigenvalue weighted by Crippen LogP contribution is 2.44. The summed E-state index contributed by atoms with van der Waals surface area (Å²) in [4.78, 5) is 14.7. The van der Waals surface area contributed by atoms with E-state index < -0.39 is 0 Å². The van der Waals surface area contributed by atoms with E-state index in [1.807, 2.05) is 48.2 Å². The van der Waals surface area contributed by atoms with Crippen LogP contribution in [0, 0.1) is 0 Å². The molecule has 0 radical (unpaired) electrons. The van der Waals surface area contributed by atoms with Gasteiger partial charge in [-0.2, -0.15) is 0 Å². The van der Waals surface area contributed by atoms with Gasteiger partial charge in [-0.15, -0.1) is 0 Å². The quantitative estimate of drug-likeness (QED) is 0.501. The number of amides is 1. The SMILES string of the molecule is CCC(=O)N(CCC1(c2ccc(OC)cc2)CCOC(C)(C)C1)Cc1ccc(Cl)cc1. The van der Waals surface area contributed by atoms with Gasteiger partial charge in [-0.05, 0) is 68.5 Å². The van der Waals surface area contributed by atoms with E-state index in [4.69, 9.17) is 21.1 Å². The van der Waals surface area contributed by atoms with Crippen LogP contribution >= 0.6 is 11.6 Å². The smallest absolute Gasteiger partial charge is 0.222 e. The summed E-state index contributed by atoms with van der Waals surface area (Å²) in [5, 5.41) is 0.708. The van der Waals surface area contributed by atoms with Crippen LogP contribution in [-0.4, -0.2) is 36.7 Å². The summed E-state index contributed by atoms with van der Waals surface area (Å²) in [5.74, 6) is 1.03. The van der Waals surface area contributed by atoms with Gasteiger partial charge in [0.25, 0.3) is 0 Å². The highest BCUT2D eigenvalue weighted by molar-refractivity contribution is 6.30. The van der Waals surface area contributed by atoms with Gasteiger partial charge in [-0.1, -0.05) is 42.8 Å². The third-order valence-corrected chi connectivity index (χ3v) is 6.59. The Bertz CT molecular complexity index is 863. The highest BCUT2D eigenvalue weighted by atomic mass is 35.5. The molecule has 0 N–H and O–H groups in total. The maximum Gasteiger partial charge on any atom is 0.222 e. The van der Waals surface area contributed by atoms with Crippen molar-refractivity contribution in [3.8, 4) is 5.75 Å². The standard InChI is InChI=1S/C26H34ClNO3/c1-5-24(29)28(18-20-6-10-22(27)11-7-20)16-14-26(15-17-31-25(2,3)19-26)21-8-12-23(30-4)13-9-21/h6-13H,5,14-19H2,1-4H3. The van der Waals surface area contributed by atoms with E-state index in [9.17, 15) is 4.79 Å². The second kappa shape index (κ2) is 10.1. The Morgan fingerprint density at radius 2 is 1.81 bits per heavy atom. The molecule has 1 heterocycles. The zero-order chi connectivity index (χ0) is 22.5. The number of nitrogens with zero attached hydrogens (tertiary/aromatic N) is 1. The number of hydrogen-bond acceptors (Lipinski definition) is 3. The van der Waals surface area contributed by atoms with Crippen LogP contribution in [-0.2, 0) is 21.5 Å². The first-order valence-electron chi connectivity index (χ1n) is 11.1. The molecule has 3 rings (SSSR count). The summed E-state index contributed by atoms with van der Waals surface area (Å²) in [6.45, 7) is 8.27. The minimum atomic E-state index is -0.200. The van der Waals surface area contributed by atoms with Gasteiger partial charge in [0.05, 0.1) is 12.7 Å². The van der Waals surface area contributed by atoms with Crippen LogP contribution in [0.4, 0.5) is 0 Å². The summed E-state index contributed by atoms with van der Waals surface area (Å²) < 4.78 is 11.4. The van der Waals surface area contributed by atoms with Crippen LogP contribution in [0.1, 0.15) is 57.6 Å². The molecule has 2 aromatic carbocycles. The fourth-order valence-corrected chi connectivity index (χ4v) is 4.83. The minimum absolute atomic E-state index is 0.0414. The molecule has 1 fully saturated rings. The van der Waals surface area contributed by atoms with Gasteiger partial charge in [0.2, 0.25) is 5.91 Å². The molecule has 1 aliphatic rings. The first-order valence-corrected chi connectivity index (χ1v) is 11.5. The molecule has 0 bridgehead atoms. The zero-order valence-electron chi connectivity index (χ0n) is 19.1. The molecule has 1 saturated heterocycles. The molecule has 5 heteroatoms. The Labute approximate surface area is 191 Å². The summed E-state index contributed by atoms with van der Waals surface area (Å²) in [5.41, 5.74) is 2.14. The van der Waals surface area contributed by atoms with Crippen molar-refractivity contribution in [2.45, 2.75) is 64.0 Å². The number of benzene rings is 2. The molecule has 0 aromatic heterocycles. The van der Waals surface area contributed by atoms with Crippen LogP contribution < -0.4 is 4.74 Å². The number of halogens is 1. The Balaban J connectivity index is 1.84. The predicted molar refractivity (Wildman–Crippen MR) is 126 cm³/mol. The monoisotopic (exact) mass is 443 g/mol. The second-order valence-corrected chi connectivity index (χ2v) is 9.53. The molecule has 1 atom stereocenters. The summed E-state index contributed by atoms with van der Waals surface area (Å²) in [6.07, 6.45) is 3.25. The average Bonchev–Trinajstić information content (AvgIpc) is 2.76. The van der Waals surface area contributed by atoms with E-state index in [0.717, 1.165) is 37.2 Å². The lowest BCUT2D eigenvalue weighted by Crippen LogP contribution is -2.46. The van der Waals surface area contributed by atoms with E-state index in [2.05, 4.69) is 26.0 Å². The molecular formula is C26H34ClNO3. The molecular weight excluding hydrogens is 410 g/mol. The average molecular weight is 444 g/mol. The van der Waals surface area contributed by atoms with Crippen LogP contribution in [0.25, 0.3) is 0 Å². The van der Waals surface area contributed by atoms with Gasteiger partial charge in [-0.25, -0.2) is 0 Å².